The molecule has 112 valence electrons. The molecule has 3 N–H and O–H groups in total. The summed E-state index contributed by atoms with van der Waals surface area (Å²) in [5.41, 5.74) is 2.74. The highest BCUT2D eigenvalue weighted by Crippen LogP contribution is 2.34. The minimum atomic E-state index is -0.205. The van der Waals surface area contributed by atoms with E-state index in [0.717, 1.165) is 11.1 Å². The van der Waals surface area contributed by atoms with Crippen LogP contribution < -0.4 is 9.47 Å². The molecule has 1 aromatic rings. The molecule has 0 aliphatic heterocycles. The molecule has 1 rings (SSSR count). The van der Waals surface area contributed by atoms with Gasteiger partial charge in [0.25, 0.3) is 0 Å². The Kier molecular flexibility index (Phi) is 6.51. The van der Waals surface area contributed by atoms with Gasteiger partial charge in [0, 0.05) is 11.1 Å². The van der Waals surface area contributed by atoms with Crippen LogP contribution in [0.5, 0.6) is 11.5 Å². The van der Waals surface area contributed by atoms with Gasteiger partial charge in [-0.25, -0.2) is 0 Å². The van der Waals surface area contributed by atoms with Gasteiger partial charge in [-0.1, -0.05) is 0 Å². The van der Waals surface area contributed by atoms with Gasteiger partial charge in [-0.05, 0) is 37.1 Å². The summed E-state index contributed by atoms with van der Waals surface area (Å²) in [5, 5.41) is 27.7. The van der Waals surface area contributed by atoms with Crippen molar-refractivity contribution in [2.75, 3.05) is 20.3 Å². The zero-order chi connectivity index (χ0) is 15.1. The summed E-state index contributed by atoms with van der Waals surface area (Å²) < 4.78 is 10.9. The van der Waals surface area contributed by atoms with Crippen LogP contribution in [0.4, 0.5) is 0 Å². The largest absolute Gasteiger partial charge is 0.496 e. The Morgan fingerprint density at radius 3 is 2.45 bits per heavy atom. The van der Waals surface area contributed by atoms with E-state index in [1.54, 1.807) is 12.1 Å². The molecule has 0 saturated heterocycles. The van der Waals surface area contributed by atoms with Crippen LogP contribution in [0, 0.1) is 6.92 Å². The summed E-state index contributed by atoms with van der Waals surface area (Å²) in [7, 11) is 1.52. The van der Waals surface area contributed by atoms with E-state index in [9.17, 15) is 10.2 Å². The maximum Gasteiger partial charge on any atom is 0.131 e. The van der Waals surface area contributed by atoms with E-state index in [1.807, 2.05) is 13.8 Å². The van der Waals surface area contributed by atoms with Gasteiger partial charge in [0.15, 0.2) is 0 Å². The van der Waals surface area contributed by atoms with Crippen molar-refractivity contribution in [2.24, 2.45) is 0 Å². The highest BCUT2D eigenvalue weighted by atomic mass is 16.5. The van der Waals surface area contributed by atoms with E-state index < -0.39 is 0 Å². The van der Waals surface area contributed by atoms with Gasteiger partial charge in [0.2, 0.25) is 0 Å². The van der Waals surface area contributed by atoms with Gasteiger partial charge < -0.3 is 24.8 Å². The minimum Gasteiger partial charge on any atom is -0.496 e. The number of hydrogen-bond donors (Lipinski definition) is 3. The summed E-state index contributed by atoms with van der Waals surface area (Å²) in [4.78, 5) is 0. The molecule has 0 aliphatic carbocycles. The van der Waals surface area contributed by atoms with E-state index in [1.165, 1.54) is 7.11 Å². The first-order valence-electron chi connectivity index (χ1n) is 6.39. The Morgan fingerprint density at radius 2 is 1.95 bits per heavy atom. The Morgan fingerprint density at radius 1 is 1.25 bits per heavy atom. The van der Waals surface area contributed by atoms with Gasteiger partial charge in [0.1, 0.15) is 18.1 Å². The molecule has 0 spiro atoms. The van der Waals surface area contributed by atoms with Gasteiger partial charge in [-0.3, -0.25) is 0 Å². The highest BCUT2D eigenvalue weighted by molar-refractivity contribution is 5.53. The highest BCUT2D eigenvalue weighted by Gasteiger charge is 2.16. The van der Waals surface area contributed by atoms with Crippen molar-refractivity contribution >= 4 is 0 Å². The van der Waals surface area contributed by atoms with E-state index in [-0.39, 0.29) is 19.8 Å². The van der Waals surface area contributed by atoms with Crippen LogP contribution in [0.1, 0.15) is 23.6 Å². The molecule has 0 fully saturated rings. The number of benzene rings is 1. The fourth-order valence-corrected chi connectivity index (χ4v) is 1.92. The molecule has 0 aromatic heterocycles. The van der Waals surface area contributed by atoms with Crippen LogP contribution in [0.3, 0.4) is 0 Å². The van der Waals surface area contributed by atoms with Gasteiger partial charge in [-0.15, -0.1) is 0 Å². The smallest absolute Gasteiger partial charge is 0.131 e. The second kappa shape index (κ2) is 7.89. The zero-order valence-electron chi connectivity index (χ0n) is 12.1. The van der Waals surface area contributed by atoms with Crippen molar-refractivity contribution in [3.63, 3.8) is 0 Å². The fourth-order valence-electron chi connectivity index (χ4n) is 1.92. The summed E-state index contributed by atoms with van der Waals surface area (Å²) in [6.45, 7) is 3.55. The lowest BCUT2D eigenvalue weighted by Gasteiger charge is -2.17. The lowest BCUT2D eigenvalue weighted by molar-refractivity contribution is 0.251. The Balaban J connectivity index is 3.08. The van der Waals surface area contributed by atoms with E-state index in [2.05, 4.69) is 0 Å². The molecule has 0 heterocycles. The molecule has 0 saturated carbocycles. The molecular weight excluding hydrogens is 260 g/mol. The molecule has 5 heteroatoms. The molecule has 0 amide bonds. The predicted molar refractivity (Wildman–Crippen MR) is 75.9 cm³/mol. The number of aliphatic hydroxyl groups excluding tert-OH is 3. The van der Waals surface area contributed by atoms with Crippen LogP contribution in [-0.4, -0.2) is 35.6 Å². The van der Waals surface area contributed by atoms with Crippen LogP contribution in [0.15, 0.2) is 17.7 Å². The summed E-state index contributed by atoms with van der Waals surface area (Å²) in [6.07, 6.45) is 1.78. The van der Waals surface area contributed by atoms with Crippen molar-refractivity contribution in [1.82, 2.24) is 0 Å². The van der Waals surface area contributed by atoms with Crippen molar-refractivity contribution in [1.29, 1.82) is 0 Å². The number of methoxy groups -OCH3 is 1. The normalized spacial score (nSPS) is 11.6. The topological polar surface area (TPSA) is 79.2 Å². The standard InChI is InChI=1S/C15H22O5/c1-10(7-16)4-5-20-14-6-12(8-17)13(9-18)15(19-3)11(14)2/h4,6,16-18H,5,7-9H2,1-3H3. The number of aliphatic hydroxyl groups is 3. The molecular formula is C15H22O5. The van der Waals surface area contributed by atoms with Crippen LogP contribution in [0.2, 0.25) is 0 Å². The van der Waals surface area contributed by atoms with Crippen LogP contribution in [-0.2, 0) is 13.2 Å². The minimum absolute atomic E-state index is 0.00297. The quantitative estimate of drug-likeness (QED) is 0.657. The second-order valence-corrected chi connectivity index (χ2v) is 4.51. The fraction of sp³-hybridized carbons (Fsp3) is 0.467. The lowest BCUT2D eigenvalue weighted by Crippen LogP contribution is -2.05. The Hall–Kier alpha value is -1.56. The monoisotopic (exact) mass is 282 g/mol. The van der Waals surface area contributed by atoms with E-state index >= 15 is 0 Å². The third-order valence-electron chi connectivity index (χ3n) is 3.13. The average Bonchev–Trinajstić information content (AvgIpc) is 2.47. The molecule has 0 radical (unpaired) electrons. The van der Waals surface area contributed by atoms with Gasteiger partial charge in [-0.2, -0.15) is 0 Å². The average molecular weight is 282 g/mol. The molecule has 5 nitrogen and oxygen atoms in total. The molecule has 1 aromatic carbocycles. The van der Waals surface area contributed by atoms with Gasteiger partial charge >= 0.3 is 0 Å². The summed E-state index contributed by atoms with van der Waals surface area (Å²) in [6, 6.07) is 1.70. The second-order valence-electron chi connectivity index (χ2n) is 4.51. The van der Waals surface area contributed by atoms with Crippen molar-refractivity contribution in [2.45, 2.75) is 27.1 Å². The Bertz CT molecular complexity index is 480. The maximum absolute atomic E-state index is 9.39. The maximum atomic E-state index is 9.39. The number of rotatable bonds is 7. The summed E-state index contributed by atoms with van der Waals surface area (Å²) in [5.74, 6) is 1.11. The van der Waals surface area contributed by atoms with Crippen molar-refractivity contribution in [3.05, 3.63) is 34.4 Å². The van der Waals surface area contributed by atoms with Crippen molar-refractivity contribution in [3.8, 4) is 11.5 Å². The van der Waals surface area contributed by atoms with Crippen molar-refractivity contribution < 1.29 is 24.8 Å². The molecule has 0 aliphatic rings. The van der Waals surface area contributed by atoms with Crippen LogP contribution >= 0.6 is 0 Å². The third kappa shape index (κ3) is 3.72. The SMILES string of the molecule is COc1c(C)c(OCC=C(C)CO)cc(CO)c1CO. The zero-order valence-corrected chi connectivity index (χ0v) is 12.1. The number of hydrogen-bond acceptors (Lipinski definition) is 5. The number of ether oxygens (including phenoxy) is 2. The first-order valence-corrected chi connectivity index (χ1v) is 6.39. The first-order chi connectivity index (χ1) is 9.58. The summed E-state index contributed by atoms with van der Waals surface area (Å²) >= 11 is 0. The van der Waals surface area contributed by atoms with Crippen LogP contribution in [0.25, 0.3) is 0 Å². The van der Waals surface area contributed by atoms with E-state index in [0.29, 0.717) is 29.2 Å². The third-order valence-corrected chi connectivity index (χ3v) is 3.13. The molecule has 0 unspecified atom stereocenters. The Labute approximate surface area is 119 Å². The molecule has 20 heavy (non-hydrogen) atoms. The molecule has 0 bridgehead atoms. The lowest BCUT2D eigenvalue weighted by atomic mass is 10.0. The molecule has 0 atom stereocenters. The van der Waals surface area contributed by atoms with E-state index in [4.69, 9.17) is 14.6 Å². The predicted octanol–water partition coefficient (Wildman–Crippen LogP) is 1.31. The van der Waals surface area contributed by atoms with Gasteiger partial charge in [0.05, 0.1) is 26.9 Å². The first kappa shape index (κ1) is 16.5.